The summed E-state index contributed by atoms with van der Waals surface area (Å²) in [6, 6.07) is 1.61. The number of hydrogen-bond acceptors (Lipinski definition) is 6. The van der Waals surface area contributed by atoms with Crippen LogP contribution in [0.3, 0.4) is 0 Å². The third-order valence-corrected chi connectivity index (χ3v) is 2.02. The molecule has 0 aromatic rings. The van der Waals surface area contributed by atoms with Crippen molar-refractivity contribution in [1.82, 2.24) is 0 Å². The highest BCUT2D eigenvalue weighted by atomic mass is 16.5. The number of rotatable bonds is 1. The molecule has 1 rings (SSSR count). The van der Waals surface area contributed by atoms with E-state index in [1.165, 1.54) is 0 Å². The summed E-state index contributed by atoms with van der Waals surface area (Å²) in [6.07, 6.45) is -6.51. The summed E-state index contributed by atoms with van der Waals surface area (Å²) in [5.74, 6) is 0. The van der Waals surface area contributed by atoms with E-state index in [4.69, 9.17) is 15.1 Å². The lowest BCUT2D eigenvalue weighted by Gasteiger charge is -2.37. The summed E-state index contributed by atoms with van der Waals surface area (Å²) < 4.78 is 4.81. The second-order valence-corrected chi connectivity index (χ2v) is 2.88. The summed E-state index contributed by atoms with van der Waals surface area (Å²) in [5.41, 5.74) is 0. The second-order valence-electron chi connectivity index (χ2n) is 2.88. The molecule has 0 aromatic carbocycles. The molecular weight excluding hydrogens is 178 g/mol. The number of aliphatic hydroxyl groups excluding tert-OH is 4. The molecule has 6 nitrogen and oxygen atoms in total. The van der Waals surface area contributed by atoms with E-state index >= 15 is 0 Å². The van der Waals surface area contributed by atoms with Crippen LogP contribution in [0, 0.1) is 11.3 Å². The SMILES string of the molecule is N#CC1OC(CO)C(O)C(O)C1O. The molecule has 1 aliphatic rings. The van der Waals surface area contributed by atoms with Gasteiger partial charge >= 0.3 is 0 Å². The van der Waals surface area contributed by atoms with Crippen molar-refractivity contribution in [2.24, 2.45) is 0 Å². The molecular formula is C7H11NO5. The van der Waals surface area contributed by atoms with Gasteiger partial charge in [0.1, 0.15) is 24.4 Å². The Bertz CT molecular complexity index is 213. The van der Waals surface area contributed by atoms with Crippen molar-refractivity contribution in [1.29, 1.82) is 5.26 Å². The zero-order chi connectivity index (χ0) is 10.0. The Morgan fingerprint density at radius 1 is 1.15 bits per heavy atom. The fraction of sp³-hybridized carbons (Fsp3) is 0.857. The van der Waals surface area contributed by atoms with Crippen molar-refractivity contribution in [2.75, 3.05) is 6.61 Å². The van der Waals surface area contributed by atoms with E-state index in [0.717, 1.165) is 0 Å². The van der Waals surface area contributed by atoms with Gasteiger partial charge in [0.15, 0.2) is 6.10 Å². The zero-order valence-corrected chi connectivity index (χ0v) is 6.74. The average Bonchev–Trinajstić information content (AvgIpc) is 2.15. The molecule has 0 radical (unpaired) electrons. The minimum atomic E-state index is -1.46. The standard InChI is InChI=1S/C7H11NO5/c8-1-3-5(10)7(12)6(11)4(2-9)13-3/h3-7,9-12H,2H2. The molecule has 1 fully saturated rings. The summed E-state index contributed by atoms with van der Waals surface area (Å²) >= 11 is 0. The topological polar surface area (TPSA) is 114 Å². The third kappa shape index (κ3) is 1.80. The Balaban J connectivity index is 2.73. The van der Waals surface area contributed by atoms with Crippen molar-refractivity contribution in [2.45, 2.75) is 30.5 Å². The Morgan fingerprint density at radius 2 is 1.77 bits per heavy atom. The van der Waals surface area contributed by atoms with Crippen LogP contribution < -0.4 is 0 Å². The maximum absolute atomic E-state index is 9.22. The lowest BCUT2D eigenvalue weighted by Crippen LogP contribution is -2.58. The molecule has 6 heteroatoms. The van der Waals surface area contributed by atoms with Gasteiger partial charge < -0.3 is 25.2 Å². The highest BCUT2D eigenvalue weighted by Gasteiger charge is 2.43. The van der Waals surface area contributed by atoms with E-state index in [9.17, 15) is 15.3 Å². The first-order valence-electron chi connectivity index (χ1n) is 3.82. The fourth-order valence-electron chi connectivity index (χ4n) is 1.21. The third-order valence-electron chi connectivity index (χ3n) is 2.02. The van der Waals surface area contributed by atoms with Crippen LogP contribution in [0.5, 0.6) is 0 Å². The molecule has 0 spiro atoms. The average molecular weight is 189 g/mol. The van der Waals surface area contributed by atoms with Gasteiger partial charge in [0.2, 0.25) is 0 Å². The van der Waals surface area contributed by atoms with Gasteiger partial charge in [0, 0.05) is 0 Å². The summed E-state index contributed by atoms with van der Waals surface area (Å²) in [6.45, 7) is -0.511. The van der Waals surface area contributed by atoms with Gasteiger partial charge in [-0.2, -0.15) is 5.26 Å². The molecule has 0 amide bonds. The highest BCUT2D eigenvalue weighted by Crippen LogP contribution is 2.20. The van der Waals surface area contributed by atoms with E-state index in [2.05, 4.69) is 0 Å². The molecule has 0 bridgehead atoms. The number of ether oxygens (including phenoxy) is 1. The first kappa shape index (κ1) is 10.4. The first-order chi connectivity index (χ1) is 6.11. The van der Waals surface area contributed by atoms with Crippen molar-refractivity contribution in [3.05, 3.63) is 0 Å². The molecule has 13 heavy (non-hydrogen) atoms. The summed E-state index contributed by atoms with van der Waals surface area (Å²) in [5, 5.41) is 44.8. The molecule has 5 unspecified atom stereocenters. The molecule has 1 heterocycles. The minimum absolute atomic E-state index is 0.511. The predicted molar refractivity (Wildman–Crippen MR) is 39.4 cm³/mol. The van der Waals surface area contributed by atoms with Gasteiger partial charge in [-0.3, -0.25) is 0 Å². The van der Waals surface area contributed by atoms with Gasteiger partial charge in [-0.05, 0) is 0 Å². The van der Waals surface area contributed by atoms with Gasteiger partial charge in [0.05, 0.1) is 12.7 Å². The van der Waals surface area contributed by atoms with Crippen LogP contribution in [0.15, 0.2) is 0 Å². The van der Waals surface area contributed by atoms with E-state index < -0.39 is 37.1 Å². The second kappa shape index (κ2) is 4.00. The normalized spacial score (nSPS) is 45.6. The lowest BCUT2D eigenvalue weighted by atomic mass is 9.96. The molecule has 0 aliphatic carbocycles. The maximum atomic E-state index is 9.22. The number of nitriles is 1. The molecule has 5 atom stereocenters. The summed E-state index contributed by atoms with van der Waals surface area (Å²) in [7, 11) is 0. The minimum Gasteiger partial charge on any atom is -0.394 e. The van der Waals surface area contributed by atoms with Crippen molar-refractivity contribution in [3.63, 3.8) is 0 Å². The quantitative estimate of drug-likeness (QED) is 0.358. The van der Waals surface area contributed by atoms with Crippen LogP contribution in [-0.4, -0.2) is 57.6 Å². The predicted octanol–water partition coefficient (Wildman–Crippen LogP) is -2.65. The van der Waals surface area contributed by atoms with E-state index in [0.29, 0.717) is 0 Å². The van der Waals surface area contributed by atoms with Gasteiger partial charge in [0.25, 0.3) is 0 Å². The molecule has 0 aromatic heterocycles. The fourth-order valence-corrected chi connectivity index (χ4v) is 1.21. The van der Waals surface area contributed by atoms with Crippen molar-refractivity contribution in [3.8, 4) is 6.07 Å². The van der Waals surface area contributed by atoms with Crippen LogP contribution in [0.1, 0.15) is 0 Å². The van der Waals surface area contributed by atoms with Crippen LogP contribution >= 0.6 is 0 Å². The van der Waals surface area contributed by atoms with E-state index in [-0.39, 0.29) is 0 Å². The van der Waals surface area contributed by atoms with Crippen LogP contribution in [0.2, 0.25) is 0 Å². The number of nitrogens with zero attached hydrogens (tertiary/aromatic N) is 1. The highest BCUT2D eigenvalue weighted by molar-refractivity contribution is 5.01. The molecule has 1 aliphatic heterocycles. The molecule has 4 N–H and O–H groups in total. The van der Waals surface area contributed by atoms with Crippen molar-refractivity contribution >= 4 is 0 Å². The van der Waals surface area contributed by atoms with Crippen LogP contribution in [0.4, 0.5) is 0 Å². The van der Waals surface area contributed by atoms with Crippen molar-refractivity contribution < 1.29 is 25.2 Å². The molecule has 74 valence electrons. The largest absolute Gasteiger partial charge is 0.394 e. The Morgan fingerprint density at radius 3 is 2.23 bits per heavy atom. The van der Waals surface area contributed by atoms with Crippen LogP contribution in [0.25, 0.3) is 0 Å². The first-order valence-corrected chi connectivity index (χ1v) is 3.82. The Labute approximate surface area is 74.6 Å². The van der Waals surface area contributed by atoms with E-state index in [1.807, 2.05) is 0 Å². The smallest absolute Gasteiger partial charge is 0.172 e. The lowest BCUT2D eigenvalue weighted by molar-refractivity contribution is -0.214. The Kier molecular flexibility index (Phi) is 3.19. The van der Waals surface area contributed by atoms with Crippen LogP contribution in [-0.2, 0) is 4.74 Å². The van der Waals surface area contributed by atoms with Gasteiger partial charge in [-0.1, -0.05) is 0 Å². The van der Waals surface area contributed by atoms with Gasteiger partial charge in [-0.25, -0.2) is 0 Å². The number of aliphatic hydroxyl groups is 4. The molecule has 1 saturated heterocycles. The maximum Gasteiger partial charge on any atom is 0.172 e. The zero-order valence-electron chi connectivity index (χ0n) is 6.74. The molecule has 0 saturated carbocycles. The van der Waals surface area contributed by atoms with Gasteiger partial charge in [-0.15, -0.1) is 0 Å². The number of hydrogen-bond donors (Lipinski definition) is 4. The monoisotopic (exact) mass is 189 g/mol. The Hall–Kier alpha value is -0.710. The van der Waals surface area contributed by atoms with E-state index in [1.54, 1.807) is 6.07 Å². The summed E-state index contributed by atoms with van der Waals surface area (Å²) in [4.78, 5) is 0.